The van der Waals surface area contributed by atoms with Gasteiger partial charge in [-0.25, -0.2) is 8.78 Å². The number of rotatable bonds is 6. The fourth-order valence-electron chi connectivity index (χ4n) is 1.68. The van der Waals surface area contributed by atoms with Gasteiger partial charge in [-0.1, -0.05) is 11.2 Å². The third-order valence-corrected chi connectivity index (χ3v) is 2.64. The van der Waals surface area contributed by atoms with Crippen LogP contribution in [0, 0.1) is 11.6 Å². The zero-order valence-corrected chi connectivity index (χ0v) is 10.5. The zero-order chi connectivity index (χ0) is 13.7. The Bertz CT molecular complexity index is 543. The monoisotopic (exact) mass is 268 g/mol. The third kappa shape index (κ3) is 3.15. The van der Waals surface area contributed by atoms with Crippen molar-refractivity contribution in [3.8, 4) is 11.3 Å². The molecule has 1 aromatic heterocycles. The van der Waals surface area contributed by atoms with Crippen molar-refractivity contribution in [2.24, 2.45) is 0 Å². The molecule has 0 radical (unpaired) electrons. The average Bonchev–Trinajstić information content (AvgIpc) is 2.86. The summed E-state index contributed by atoms with van der Waals surface area (Å²) in [6.07, 6.45) is 1.49. The number of aromatic nitrogens is 1. The van der Waals surface area contributed by atoms with E-state index in [0.717, 1.165) is 6.07 Å². The van der Waals surface area contributed by atoms with E-state index in [0.29, 0.717) is 25.3 Å². The van der Waals surface area contributed by atoms with E-state index in [-0.39, 0.29) is 11.3 Å². The molecule has 4 nitrogen and oxygen atoms in total. The van der Waals surface area contributed by atoms with Crippen molar-refractivity contribution in [3.05, 3.63) is 41.6 Å². The van der Waals surface area contributed by atoms with Gasteiger partial charge in [-0.2, -0.15) is 0 Å². The quantitative estimate of drug-likeness (QED) is 0.817. The first-order chi connectivity index (χ1) is 9.24. The predicted octanol–water partition coefficient (Wildman–Crippen LogP) is 2.36. The number of hydrogen-bond acceptors (Lipinski definition) is 4. The van der Waals surface area contributed by atoms with Crippen molar-refractivity contribution < 1.29 is 18.0 Å². The van der Waals surface area contributed by atoms with Crippen LogP contribution in [-0.2, 0) is 11.3 Å². The van der Waals surface area contributed by atoms with E-state index in [1.54, 1.807) is 7.11 Å². The number of ether oxygens (including phenoxy) is 1. The van der Waals surface area contributed by atoms with Crippen LogP contribution in [0.25, 0.3) is 11.3 Å². The van der Waals surface area contributed by atoms with Crippen LogP contribution >= 0.6 is 0 Å². The van der Waals surface area contributed by atoms with Gasteiger partial charge >= 0.3 is 0 Å². The summed E-state index contributed by atoms with van der Waals surface area (Å²) >= 11 is 0. The molecule has 0 aliphatic rings. The van der Waals surface area contributed by atoms with E-state index in [2.05, 4.69) is 10.5 Å². The lowest BCUT2D eigenvalue weighted by Crippen LogP contribution is -2.18. The van der Waals surface area contributed by atoms with Crippen molar-refractivity contribution in [2.75, 3.05) is 20.3 Å². The Kier molecular flexibility index (Phi) is 4.59. The standard InChI is InChI=1S/C13H14F2N2O2/c1-18-6-5-16-7-9-8-17-19-13(9)10-3-2-4-11(14)12(10)15/h2-4,8,16H,5-7H2,1H3. The first-order valence-electron chi connectivity index (χ1n) is 5.81. The van der Waals surface area contributed by atoms with Crippen LogP contribution in [0.5, 0.6) is 0 Å². The third-order valence-electron chi connectivity index (χ3n) is 2.64. The second kappa shape index (κ2) is 6.40. The first-order valence-corrected chi connectivity index (χ1v) is 5.81. The highest BCUT2D eigenvalue weighted by molar-refractivity contribution is 5.61. The summed E-state index contributed by atoms with van der Waals surface area (Å²) in [5.41, 5.74) is 0.738. The second-order valence-corrected chi connectivity index (χ2v) is 3.95. The summed E-state index contributed by atoms with van der Waals surface area (Å²) in [5, 5.41) is 6.72. The van der Waals surface area contributed by atoms with Gasteiger partial charge in [-0.05, 0) is 12.1 Å². The molecule has 2 rings (SSSR count). The minimum absolute atomic E-state index is 0.0704. The van der Waals surface area contributed by atoms with Crippen LogP contribution < -0.4 is 5.32 Å². The molecule has 102 valence electrons. The van der Waals surface area contributed by atoms with Gasteiger partial charge in [0.15, 0.2) is 17.4 Å². The van der Waals surface area contributed by atoms with Gasteiger partial charge in [-0.3, -0.25) is 0 Å². The largest absolute Gasteiger partial charge is 0.383 e. The maximum Gasteiger partial charge on any atom is 0.174 e. The molecule has 0 bridgehead atoms. The van der Waals surface area contributed by atoms with Gasteiger partial charge in [0.1, 0.15) is 0 Å². The van der Waals surface area contributed by atoms with Crippen LogP contribution in [0.3, 0.4) is 0 Å². The lowest BCUT2D eigenvalue weighted by Gasteiger charge is -2.05. The SMILES string of the molecule is COCCNCc1cnoc1-c1cccc(F)c1F. The highest BCUT2D eigenvalue weighted by Crippen LogP contribution is 2.27. The normalized spacial score (nSPS) is 10.9. The first kappa shape index (κ1) is 13.6. The molecule has 1 aromatic carbocycles. The summed E-state index contributed by atoms with van der Waals surface area (Å²) in [7, 11) is 1.61. The van der Waals surface area contributed by atoms with Crippen molar-refractivity contribution in [1.29, 1.82) is 0 Å². The van der Waals surface area contributed by atoms with Gasteiger partial charge in [0.05, 0.1) is 18.4 Å². The van der Waals surface area contributed by atoms with Crippen molar-refractivity contribution in [2.45, 2.75) is 6.54 Å². The molecule has 1 N–H and O–H groups in total. The molecule has 0 aliphatic carbocycles. The van der Waals surface area contributed by atoms with Gasteiger partial charge in [0, 0.05) is 25.8 Å². The Morgan fingerprint density at radius 3 is 3.00 bits per heavy atom. The van der Waals surface area contributed by atoms with Crippen LogP contribution in [0.1, 0.15) is 5.56 Å². The van der Waals surface area contributed by atoms with E-state index in [1.807, 2.05) is 0 Å². The topological polar surface area (TPSA) is 47.3 Å². The number of hydrogen-bond donors (Lipinski definition) is 1. The molecular weight excluding hydrogens is 254 g/mol. The summed E-state index contributed by atoms with van der Waals surface area (Å²) in [6, 6.07) is 3.95. The fourth-order valence-corrected chi connectivity index (χ4v) is 1.68. The molecule has 19 heavy (non-hydrogen) atoms. The minimum Gasteiger partial charge on any atom is -0.383 e. The highest BCUT2D eigenvalue weighted by atomic mass is 19.2. The van der Waals surface area contributed by atoms with Crippen LogP contribution in [-0.4, -0.2) is 25.4 Å². The minimum atomic E-state index is -0.933. The van der Waals surface area contributed by atoms with E-state index < -0.39 is 11.6 Å². The molecule has 1 heterocycles. The van der Waals surface area contributed by atoms with E-state index in [9.17, 15) is 8.78 Å². The molecule has 0 amide bonds. The lowest BCUT2D eigenvalue weighted by molar-refractivity contribution is 0.199. The molecule has 0 fully saturated rings. The van der Waals surface area contributed by atoms with E-state index in [4.69, 9.17) is 9.26 Å². The van der Waals surface area contributed by atoms with Gasteiger partial charge < -0.3 is 14.6 Å². The number of halogens is 2. The van der Waals surface area contributed by atoms with E-state index in [1.165, 1.54) is 18.3 Å². The molecule has 0 unspecified atom stereocenters. The van der Waals surface area contributed by atoms with Crippen LogP contribution in [0.2, 0.25) is 0 Å². The van der Waals surface area contributed by atoms with Gasteiger partial charge in [0.25, 0.3) is 0 Å². The number of nitrogens with zero attached hydrogens (tertiary/aromatic N) is 1. The lowest BCUT2D eigenvalue weighted by atomic mass is 10.1. The predicted molar refractivity (Wildman–Crippen MR) is 65.4 cm³/mol. The summed E-state index contributed by atoms with van der Waals surface area (Å²) in [6.45, 7) is 1.65. The molecule has 0 aliphatic heterocycles. The Balaban J connectivity index is 2.17. The van der Waals surface area contributed by atoms with Crippen molar-refractivity contribution >= 4 is 0 Å². The van der Waals surface area contributed by atoms with Crippen LogP contribution in [0.15, 0.2) is 28.9 Å². The zero-order valence-electron chi connectivity index (χ0n) is 10.5. The Labute approximate surface area is 109 Å². The molecule has 6 heteroatoms. The van der Waals surface area contributed by atoms with E-state index >= 15 is 0 Å². The summed E-state index contributed by atoms with van der Waals surface area (Å²) in [5.74, 6) is -1.61. The number of nitrogens with one attached hydrogen (secondary N) is 1. The number of methoxy groups -OCH3 is 1. The maximum absolute atomic E-state index is 13.7. The van der Waals surface area contributed by atoms with Gasteiger partial charge in [-0.15, -0.1) is 0 Å². The Hall–Kier alpha value is -1.79. The Morgan fingerprint density at radius 2 is 2.21 bits per heavy atom. The Morgan fingerprint density at radius 1 is 1.37 bits per heavy atom. The molecular formula is C13H14F2N2O2. The highest BCUT2D eigenvalue weighted by Gasteiger charge is 2.17. The smallest absolute Gasteiger partial charge is 0.174 e. The maximum atomic E-state index is 13.7. The van der Waals surface area contributed by atoms with Crippen molar-refractivity contribution in [3.63, 3.8) is 0 Å². The molecule has 0 atom stereocenters. The fraction of sp³-hybridized carbons (Fsp3) is 0.308. The van der Waals surface area contributed by atoms with Crippen LogP contribution in [0.4, 0.5) is 8.78 Å². The summed E-state index contributed by atoms with van der Waals surface area (Å²) < 4.78 is 36.8. The molecule has 0 saturated heterocycles. The molecule has 0 saturated carbocycles. The molecule has 2 aromatic rings. The second-order valence-electron chi connectivity index (χ2n) is 3.95. The molecule has 0 spiro atoms. The summed E-state index contributed by atoms with van der Waals surface area (Å²) in [4.78, 5) is 0. The number of benzene rings is 1. The van der Waals surface area contributed by atoms with Crippen molar-refractivity contribution in [1.82, 2.24) is 10.5 Å². The average molecular weight is 268 g/mol. The van der Waals surface area contributed by atoms with Gasteiger partial charge in [0.2, 0.25) is 0 Å².